The molecule has 1 fully saturated rings. The standard InChI is InChI=1S/C14H28S/c1-5-6-12(3)14(4)9-7-13(14)11(2)8-10-15/h11-13,15H,5-10H2,1-4H3. The van der Waals surface area contributed by atoms with Gasteiger partial charge in [0.25, 0.3) is 0 Å². The smallest absolute Gasteiger partial charge is 0.00953 e. The van der Waals surface area contributed by atoms with Crippen molar-refractivity contribution in [2.75, 3.05) is 5.75 Å². The molecule has 1 aliphatic rings. The van der Waals surface area contributed by atoms with Gasteiger partial charge in [-0.3, -0.25) is 0 Å². The molecule has 0 aliphatic heterocycles. The van der Waals surface area contributed by atoms with E-state index in [2.05, 4.69) is 40.3 Å². The molecule has 0 heterocycles. The molecule has 1 aliphatic carbocycles. The first-order valence-electron chi connectivity index (χ1n) is 6.67. The van der Waals surface area contributed by atoms with Crippen LogP contribution in [0.25, 0.3) is 0 Å². The fourth-order valence-corrected chi connectivity index (χ4v) is 3.89. The summed E-state index contributed by atoms with van der Waals surface area (Å²) in [5, 5.41) is 0. The van der Waals surface area contributed by atoms with Crippen molar-refractivity contribution in [2.24, 2.45) is 23.2 Å². The molecular weight excluding hydrogens is 200 g/mol. The summed E-state index contributed by atoms with van der Waals surface area (Å²) in [6.07, 6.45) is 6.95. The molecule has 0 N–H and O–H groups in total. The molecule has 0 aromatic carbocycles. The highest BCUT2D eigenvalue weighted by Gasteiger charge is 2.47. The van der Waals surface area contributed by atoms with E-state index in [0.29, 0.717) is 5.41 Å². The van der Waals surface area contributed by atoms with Gasteiger partial charge in [-0.1, -0.05) is 40.5 Å². The highest BCUT2D eigenvalue weighted by atomic mass is 32.1. The molecule has 0 aromatic heterocycles. The quantitative estimate of drug-likeness (QED) is 0.621. The van der Waals surface area contributed by atoms with Crippen LogP contribution >= 0.6 is 12.6 Å². The van der Waals surface area contributed by atoms with Gasteiger partial charge in [0.2, 0.25) is 0 Å². The van der Waals surface area contributed by atoms with Crippen molar-refractivity contribution in [3.63, 3.8) is 0 Å². The summed E-state index contributed by atoms with van der Waals surface area (Å²) in [5.74, 6) is 3.80. The molecule has 0 aromatic rings. The van der Waals surface area contributed by atoms with Gasteiger partial charge in [-0.25, -0.2) is 0 Å². The number of rotatable bonds is 6. The third-order valence-corrected chi connectivity index (χ3v) is 5.22. The van der Waals surface area contributed by atoms with Gasteiger partial charge in [0, 0.05) is 0 Å². The minimum absolute atomic E-state index is 0.637. The topological polar surface area (TPSA) is 0 Å². The van der Waals surface area contributed by atoms with Crippen LogP contribution < -0.4 is 0 Å². The van der Waals surface area contributed by atoms with Gasteiger partial charge in [-0.05, 0) is 48.2 Å². The first-order valence-corrected chi connectivity index (χ1v) is 7.30. The lowest BCUT2D eigenvalue weighted by Gasteiger charge is -2.54. The second kappa shape index (κ2) is 5.61. The normalized spacial score (nSPS) is 34.6. The van der Waals surface area contributed by atoms with Crippen LogP contribution in [0.15, 0.2) is 0 Å². The predicted molar refractivity (Wildman–Crippen MR) is 72.5 cm³/mol. The van der Waals surface area contributed by atoms with Crippen molar-refractivity contribution in [3.8, 4) is 0 Å². The Bertz CT molecular complexity index is 190. The summed E-state index contributed by atoms with van der Waals surface area (Å²) in [7, 11) is 0. The molecule has 90 valence electrons. The van der Waals surface area contributed by atoms with Crippen LogP contribution in [0, 0.1) is 23.2 Å². The van der Waals surface area contributed by atoms with Gasteiger partial charge in [0.05, 0.1) is 0 Å². The number of hydrogen-bond donors (Lipinski definition) is 1. The van der Waals surface area contributed by atoms with Gasteiger partial charge in [-0.2, -0.15) is 12.6 Å². The molecule has 0 saturated heterocycles. The van der Waals surface area contributed by atoms with E-state index in [-0.39, 0.29) is 0 Å². The molecule has 4 atom stereocenters. The molecule has 0 spiro atoms. The summed E-state index contributed by atoms with van der Waals surface area (Å²) in [6.45, 7) is 9.72. The average Bonchev–Trinajstić information content (AvgIpc) is 2.15. The molecule has 0 amide bonds. The summed E-state index contributed by atoms with van der Waals surface area (Å²) in [4.78, 5) is 0. The molecule has 0 bridgehead atoms. The van der Waals surface area contributed by atoms with Gasteiger partial charge in [0.1, 0.15) is 0 Å². The SMILES string of the molecule is CCCC(C)C1(C)CCC1C(C)CCS. The third-order valence-electron chi connectivity index (χ3n) is 4.96. The maximum atomic E-state index is 4.37. The van der Waals surface area contributed by atoms with Crippen molar-refractivity contribution in [2.45, 2.75) is 59.8 Å². The Hall–Kier alpha value is 0.350. The minimum Gasteiger partial charge on any atom is -0.179 e. The Morgan fingerprint density at radius 3 is 2.40 bits per heavy atom. The van der Waals surface area contributed by atoms with E-state index in [9.17, 15) is 0 Å². The Morgan fingerprint density at radius 1 is 1.33 bits per heavy atom. The summed E-state index contributed by atoms with van der Waals surface area (Å²) >= 11 is 4.37. The van der Waals surface area contributed by atoms with Gasteiger partial charge in [0.15, 0.2) is 0 Å². The van der Waals surface area contributed by atoms with Crippen LogP contribution in [-0.4, -0.2) is 5.75 Å². The van der Waals surface area contributed by atoms with Crippen molar-refractivity contribution in [1.82, 2.24) is 0 Å². The van der Waals surface area contributed by atoms with E-state index >= 15 is 0 Å². The van der Waals surface area contributed by atoms with Crippen LogP contribution in [0.4, 0.5) is 0 Å². The molecule has 1 heteroatoms. The highest BCUT2D eigenvalue weighted by molar-refractivity contribution is 7.80. The van der Waals surface area contributed by atoms with E-state index in [1.54, 1.807) is 0 Å². The average molecular weight is 228 g/mol. The third kappa shape index (κ3) is 2.72. The van der Waals surface area contributed by atoms with Crippen LogP contribution in [0.3, 0.4) is 0 Å². The Kier molecular flexibility index (Phi) is 5.02. The first kappa shape index (κ1) is 13.4. The van der Waals surface area contributed by atoms with Crippen molar-refractivity contribution in [1.29, 1.82) is 0 Å². The molecule has 0 radical (unpaired) electrons. The molecule has 15 heavy (non-hydrogen) atoms. The zero-order valence-corrected chi connectivity index (χ0v) is 11.8. The van der Waals surface area contributed by atoms with Crippen molar-refractivity contribution >= 4 is 12.6 Å². The van der Waals surface area contributed by atoms with Crippen LogP contribution in [0.1, 0.15) is 59.8 Å². The Balaban J connectivity index is 2.53. The van der Waals surface area contributed by atoms with Gasteiger partial charge < -0.3 is 0 Å². The second-order valence-corrected chi connectivity index (χ2v) is 6.28. The van der Waals surface area contributed by atoms with E-state index in [0.717, 1.165) is 23.5 Å². The predicted octanol–water partition coefficient (Wildman–Crippen LogP) is 4.79. The van der Waals surface area contributed by atoms with Crippen LogP contribution in [0.5, 0.6) is 0 Å². The van der Waals surface area contributed by atoms with Crippen molar-refractivity contribution in [3.05, 3.63) is 0 Å². The number of thiol groups is 1. The fraction of sp³-hybridized carbons (Fsp3) is 1.00. The van der Waals surface area contributed by atoms with E-state index in [1.165, 1.54) is 32.1 Å². The first-order chi connectivity index (χ1) is 7.06. The largest absolute Gasteiger partial charge is 0.179 e. The zero-order valence-electron chi connectivity index (χ0n) is 10.9. The Labute approximate surface area is 102 Å². The minimum atomic E-state index is 0.637. The van der Waals surface area contributed by atoms with E-state index < -0.39 is 0 Å². The van der Waals surface area contributed by atoms with Crippen LogP contribution in [0.2, 0.25) is 0 Å². The fourth-order valence-electron chi connectivity index (χ4n) is 3.48. The lowest BCUT2D eigenvalue weighted by atomic mass is 9.51. The summed E-state index contributed by atoms with van der Waals surface area (Å²) in [5.41, 5.74) is 0.637. The Morgan fingerprint density at radius 2 is 2.00 bits per heavy atom. The van der Waals surface area contributed by atoms with Crippen molar-refractivity contribution < 1.29 is 0 Å². The molecule has 1 saturated carbocycles. The summed E-state index contributed by atoms with van der Waals surface area (Å²) in [6, 6.07) is 0. The summed E-state index contributed by atoms with van der Waals surface area (Å²) < 4.78 is 0. The van der Waals surface area contributed by atoms with Gasteiger partial charge in [-0.15, -0.1) is 0 Å². The molecule has 0 nitrogen and oxygen atoms in total. The molecular formula is C14H28S. The van der Waals surface area contributed by atoms with E-state index in [1.807, 2.05) is 0 Å². The maximum absolute atomic E-state index is 4.37. The number of hydrogen-bond acceptors (Lipinski definition) is 1. The monoisotopic (exact) mass is 228 g/mol. The zero-order chi connectivity index (χ0) is 11.5. The van der Waals surface area contributed by atoms with E-state index in [4.69, 9.17) is 0 Å². The lowest BCUT2D eigenvalue weighted by Crippen LogP contribution is -2.46. The van der Waals surface area contributed by atoms with Crippen LogP contribution in [-0.2, 0) is 0 Å². The highest BCUT2D eigenvalue weighted by Crippen LogP contribution is 2.56. The lowest BCUT2D eigenvalue weighted by molar-refractivity contribution is -0.0435. The van der Waals surface area contributed by atoms with Gasteiger partial charge >= 0.3 is 0 Å². The second-order valence-electron chi connectivity index (χ2n) is 5.83. The maximum Gasteiger partial charge on any atom is -0.00953 e. The molecule has 4 unspecified atom stereocenters. The molecule has 1 rings (SSSR count).